The van der Waals surface area contributed by atoms with Gasteiger partial charge in [-0.25, -0.2) is 0 Å². The van der Waals surface area contributed by atoms with Crippen LogP contribution in [0.1, 0.15) is 16.7 Å². The zero-order valence-electron chi connectivity index (χ0n) is 19.8. The maximum atomic E-state index is 13.4. The molecule has 2 aromatic carbocycles. The van der Waals surface area contributed by atoms with Crippen molar-refractivity contribution in [1.29, 1.82) is 0 Å². The van der Waals surface area contributed by atoms with Crippen LogP contribution in [0.3, 0.4) is 0 Å². The summed E-state index contributed by atoms with van der Waals surface area (Å²) < 4.78 is 45.6. The molecule has 0 spiro atoms. The van der Waals surface area contributed by atoms with Crippen molar-refractivity contribution in [2.24, 2.45) is 5.92 Å². The third-order valence-corrected chi connectivity index (χ3v) is 7.00. The summed E-state index contributed by atoms with van der Waals surface area (Å²) in [5.41, 5.74) is 2.52. The van der Waals surface area contributed by atoms with Crippen molar-refractivity contribution in [3.8, 4) is 5.75 Å². The Hall–Kier alpha value is -3.75. The van der Waals surface area contributed by atoms with E-state index in [9.17, 15) is 18.0 Å². The number of anilines is 2. The van der Waals surface area contributed by atoms with Crippen LogP contribution in [-0.4, -0.2) is 43.7 Å². The molecule has 6 nitrogen and oxygen atoms in total. The highest BCUT2D eigenvalue weighted by molar-refractivity contribution is 5.82. The molecular weight excluding hydrogens is 469 g/mol. The highest BCUT2D eigenvalue weighted by Gasteiger charge is 2.42. The van der Waals surface area contributed by atoms with Crippen LogP contribution in [0, 0.1) is 5.92 Å². The average Bonchev–Trinajstić information content (AvgIpc) is 2.90. The maximum absolute atomic E-state index is 13.4. The summed E-state index contributed by atoms with van der Waals surface area (Å²) in [4.78, 5) is 21.8. The normalized spacial score (nSPS) is 19.3. The Labute approximate surface area is 207 Å². The van der Waals surface area contributed by atoms with Crippen LogP contribution in [-0.2, 0) is 23.9 Å². The van der Waals surface area contributed by atoms with Crippen LogP contribution >= 0.6 is 0 Å². The smallest absolute Gasteiger partial charge is 0.416 e. The van der Waals surface area contributed by atoms with E-state index >= 15 is 0 Å². The Morgan fingerprint density at radius 3 is 2.64 bits per heavy atom. The van der Waals surface area contributed by atoms with Crippen LogP contribution in [0.4, 0.5) is 24.5 Å². The summed E-state index contributed by atoms with van der Waals surface area (Å²) in [5.74, 6) is 0.0873. The summed E-state index contributed by atoms with van der Waals surface area (Å²) in [6.07, 6.45) is -0.841. The molecule has 9 heteroatoms. The number of pyridine rings is 1. The second-order valence-electron chi connectivity index (χ2n) is 9.14. The minimum Gasteiger partial charge on any atom is -0.497 e. The molecule has 0 aliphatic carbocycles. The largest absolute Gasteiger partial charge is 0.497 e. The zero-order valence-corrected chi connectivity index (χ0v) is 19.8. The van der Waals surface area contributed by atoms with Gasteiger partial charge in [0.25, 0.3) is 0 Å². The van der Waals surface area contributed by atoms with Crippen LogP contribution in [0.15, 0.2) is 67.0 Å². The molecule has 1 amide bonds. The molecule has 3 aromatic rings. The van der Waals surface area contributed by atoms with Crippen molar-refractivity contribution in [2.45, 2.75) is 25.2 Å². The number of carbonyl (C=O) groups is 1. The SMILES string of the molecule is COc1ccc(N2CCN3c4ccc(C(F)(F)F)cc4C[C@H](C(=O)NCc4cccnc4)[C@H]3C2)cc1. The fourth-order valence-corrected chi connectivity index (χ4v) is 5.15. The van der Waals surface area contributed by atoms with Crippen molar-refractivity contribution < 1.29 is 22.7 Å². The first-order valence-electron chi connectivity index (χ1n) is 11.9. The number of benzene rings is 2. The number of ether oxygens (including phenoxy) is 1. The molecule has 0 bridgehead atoms. The number of halogens is 3. The summed E-state index contributed by atoms with van der Waals surface area (Å²) in [5, 5.41) is 2.98. The Balaban J connectivity index is 1.43. The Morgan fingerprint density at radius 2 is 1.94 bits per heavy atom. The molecule has 1 saturated heterocycles. The van der Waals surface area contributed by atoms with E-state index in [0.717, 1.165) is 28.8 Å². The highest BCUT2D eigenvalue weighted by atomic mass is 19.4. The van der Waals surface area contributed by atoms with Crippen molar-refractivity contribution in [3.05, 3.63) is 83.7 Å². The van der Waals surface area contributed by atoms with Crippen molar-refractivity contribution in [1.82, 2.24) is 10.3 Å². The van der Waals surface area contributed by atoms with Crippen molar-refractivity contribution in [2.75, 3.05) is 36.5 Å². The average molecular weight is 497 g/mol. The number of nitrogens with one attached hydrogen (secondary N) is 1. The van der Waals surface area contributed by atoms with Gasteiger partial charge in [0.05, 0.1) is 24.6 Å². The number of alkyl halides is 3. The highest BCUT2D eigenvalue weighted by Crippen LogP contribution is 2.40. The third-order valence-electron chi connectivity index (χ3n) is 7.00. The van der Waals surface area contributed by atoms with E-state index in [4.69, 9.17) is 4.74 Å². The van der Waals surface area contributed by atoms with Crippen LogP contribution in [0.2, 0.25) is 0 Å². The number of rotatable bonds is 5. The van der Waals surface area contributed by atoms with E-state index in [2.05, 4.69) is 20.1 Å². The predicted molar refractivity (Wildman–Crippen MR) is 131 cm³/mol. The van der Waals surface area contributed by atoms with Gasteiger partial charge >= 0.3 is 6.18 Å². The number of methoxy groups -OCH3 is 1. The summed E-state index contributed by atoms with van der Waals surface area (Å²) in [6, 6.07) is 15.1. The second-order valence-corrected chi connectivity index (χ2v) is 9.14. The van der Waals surface area contributed by atoms with Gasteiger partial charge < -0.3 is 19.9 Å². The number of aromatic nitrogens is 1. The molecule has 5 rings (SSSR count). The van der Waals surface area contributed by atoms with Gasteiger partial charge in [-0.2, -0.15) is 13.2 Å². The first kappa shape index (κ1) is 24.0. The molecular formula is C27H27F3N4O2. The van der Waals surface area contributed by atoms with E-state index in [1.54, 1.807) is 31.6 Å². The monoisotopic (exact) mass is 496 g/mol. The lowest BCUT2D eigenvalue weighted by molar-refractivity contribution is -0.137. The first-order chi connectivity index (χ1) is 17.3. The fourth-order valence-electron chi connectivity index (χ4n) is 5.15. The van der Waals surface area contributed by atoms with Gasteiger partial charge in [-0.05, 0) is 66.1 Å². The predicted octanol–water partition coefficient (Wildman–Crippen LogP) is 4.29. The number of carbonyl (C=O) groups excluding carboxylic acids is 1. The molecule has 0 radical (unpaired) electrons. The fraction of sp³-hybridized carbons (Fsp3) is 0.333. The van der Waals surface area contributed by atoms with E-state index < -0.39 is 17.7 Å². The van der Waals surface area contributed by atoms with Gasteiger partial charge in [0, 0.05) is 49.9 Å². The molecule has 188 valence electrons. The van der Waals surface area contributed by atoms with Crippen LogP contribution in [0.25, 0.3) is 0 Å². The van der Waals surface area contributed by atoms with Crippen molar-refractivity contribution >= 4 is 17.3 Å². The molecule has 3 heterocycles. The molecule has 2 atom stereocenters. The molecule has 0 unspecified atom stereocenters. The van der Waals surface area contributed by atoms with Crippen LogP contribution < -0.4 is 19.9 Å². The number of hydrogen-bond donors (Lipinski definition) is 1. The zero-order chi connectivity index (χ0) is 25.3. The minimum absolute atomic E-state index is 0.173. The minimum atomic E-state index is -4.43. The number of amides is 1. The van der Waals surface area contributed by atoms with Crippen LogP contribution in [0.5, 0.6) is 5.75 Å². The molecule has 0 saturated carbocycles. The Kier molecular flexibility index (Phi) is 6.47. The lowest BCUT2D eigenvalue weighted by atomic mass is 9.82. The molecule has 2 aliphatic heterocycles. The van der Waals surface area contributed by atoms with Gasteiger partial charge in [-0.1, -0.05) is 6.07 Å². The summed E-state index contributed by atoms with van der Waals surface area (Å²) >= 11 is 0. The first-order valence-corrected chi connectivity index (χ1v) is 11.9. The number of fused-ring (bicyclic) bond motifs is 3. The Morgan fingerprint density at radius 1 is 1.14 bits per heavy atom. The van der Waals surface area contributed by atoms with Gasteiger partial charge in [0.1, 0.15) is 5.75 Å². The van der Waals surface area contributed by atoms with E-state index in [1.165, 1.54) is 6.07 Å². The maximum Gasteiger partial charge on any atom is 0.416 e. The van der Waals surface area contributed by atoms with Gasteiger partial charge in [0.15, 0.2) is 0 Å². The molecule has 1 N–H and O–H groups in total. The molecule has 1 fully saturated rings. The lowest BCUT2D eigenvalue weighted by Gasteiger charge is -2.49. The van der Waals surface area contributed by atoms with E-state index in [-0.39, 0.29) is 18.4 Å². The topological polar surface area (TPSA) is 57.7 Å². The Bertz CT molecular complexity index is 1220. The molecule has 1 aromatic heterocycles. The number of piperazine rings is 1. The third kappa shape index (κ3) is 4.82. The van der Waals surface area contributed by atoms with E-state index in [0.29, 0.717) is 31.7 Å². The quantitative estimate of drug-likeness (QED) is 0.571. The molecule has 2 aliphatic rings. The van der Waals surface area contributed by atoms with Gasteiger partial charge in [-0.3, -0.25) is 9.78 Å². The lowest BCUT2D eigenvalue weighted by Crippen LogP contribution is -2.61. The number of nitrogens with zero attached hydrogens (tertiary/aromatic N) is 3. The summed E-state index contributed by atoms with van der Waals surface area (Å²) in [6.45, 7) is 2.18. The van der Waals surface area contributed by atoms with E-state index in [1.807, 2.05) is 30.3 Å². The standard InChI is InChI=1S/C27H27F3N4O2/c1-36-22-7-5-21(6-8-22)33-11-12-34-24-9-4-20(27(28,29)30)13-19(24)14-23(25(34)17-33)26(35)32-16-18-3-2-10-31-15-18/h2-10,13,15,23,25H,11-12,14,16-17H2,1H3,(H,32,35)/t23-,25+/m0/s1. The van der Waals surface area contributed by atoms with Gasteiger partial charge in [0.2, 0.25) is 5.91 Å². The second kappa shape index (κ2) is 9.72. The summed E-state index contributed by atoms with van der Waals surface area (Å²) in [7, 11) is 1.62. The molecule has 36 heavy (non-hydrogen) atoms. The van der Waals surface area contributed by atoms with Gasteiger partial charge in [-0.15, -0.1) is 0 Å². The number of hydrogen-bond acceptors (Lipinski definition) is 5. The van der Waals surface area contributed by atoms with Crippen molar-refractivity contribution in [3.63, 3.8) is 0 Å².